The number of carbonyl (C=O) groups is 1. The van der Waals surface area contributed by atoms with Crippen molar-refractivity contribution in [3.05, 3.63) is 54.1 Å². The van der Waals surface area contributed by atoms with E-state index < -0.39 is 18.8 Å². The number of rotatable bonds is 10. The van der Waals surface area contributed by atoms with E-state index >= 15 is 0 Å². The van der Waals surface area contributed by atoms with E-state index in [0.717, 1.165) is 23.4 Å². The third kappa shape index (κ3) is 5.73. The summed E-state index contributed by atoms with van der Waals surface area (Å²) in [7, 11) is 0. The molecule has 1 aliphatic heterocycles. The average Bonchev–Trinajstić information content (AvgIpc) is 2.99. The number of nitrogens with zero attached hydrogens (tertiary/aromatic N) is 3. The average molecular weight is 467 g/mol. The number of thioether (sulfide) groups is 1. The maximum atomic E-state index is 11.0. The number of fused-ring (bicyclic) bond motifs is 3. The third-order valence-corrected chi connectivity index (χ3v) is 6.04. The van der Waals surface area contributed by atoms with E-state index in [1.54, 1.807) is 23.9 Å². The van der Waals surface area contributed by atoms with Crippen molar-refractivity contribution in [2.45, 2.75) is 44.0 Å². The zero-order chi connectivity index (χ0) is 23.0. The third-order valence-electron chi connectivity index (χ3n) is 5.12. The maximum absolute atomic E-state index is 11.0. The number of aromatic nitrogens is 3. The normalized spacial score (nSPS) is 14.3. The minimum absolute atomic E-state index is 0.372. The number of para-hydroxylation sites is 2. The molecule has 33 heavy (non-hydrogen) atoms. The van der Waals surface area contributed by atoms with Crippen molar-refractivity contribution in [1.29, 1.82) is 0 Å². The fraction of sp³-hybridized carbons (Fsp3) is 0.333. The number of nitrogens with one attached hydrogen (secondary N) is 1. The molecule has 1 aromatic heterocycles. The lowest BCUT2D eigenvalue weighted by Crippen LogP contribution is -2.19. The number of anilines is 1. The number of benzene rings is 2. The van der Waals surface area contributed by atoms with Gasteiger partial charge < -0.3 is 19.9 Å². The fourth-order valence-electron chi connectivity index (χ4n) is 3.51. The first-order valence-electron chi connectivity index (χ1n) is 11.0. The molecule has 2 N–H and O–H groups in total. The fourth-order valence-corrected chi connectivity index (χ4v) is 4.29. The molecule has 172 valence electrons. The summed E-state index contributed by atoms with van der Waals surface area (Å²) in [5.74, 6) is 0.667. The van der Waals surface area contributed by atoms with E-state index in [0.29, 0.717) is 28.0 Å². The van der Waals surface area contributed by atoms with Gasteiger partial charge in [-0.25, -0.2) is 4.79 Å². The summed E-state index contributed by atoms with van der Waals surface area (Å²) in [4.78, 5) is 15.7. The van der Waals surface area contributed by atoms with Gasteiger partial charge in [-0.1, -0.05) is 68.3 Å². The Morgan fingerprint density at radius 1 is 1.12 bits per heavy atom. The molecular weight excluding hydrogens is 440 g/mol. The summed E-state index contributed by atoms with van der Waals surface area (Å²) in [5.41, 5.74) is 2.86. The first kappa shape index (κ1) is 22.8. The van der Waals surface area contributed by atoms with Crippen LogP contribution in [-0.4, -0.2) is 38.6 Å². The predicted octanol–water partition coefficient (Wildman–Crippen LogP) is 5.18. The van der Waals surface area contributed by atoms with Crippen LogP contribution in [0.5, 0.6) is 11.6 Å². The van der Waals surface area contributed by atoms with Crippen molar-refractivity contribution in [2.24, 2.45) is 0 Å². The molecule has 8 nitrogen and oxygen atoms in total. The van der Waals surface area contributed by atoms with Crippen LogP contribution < -0.4 is 14.8 Å². The Bertz CT molecular complexity index is 1110. The van der Waals surface area contributed by atoms with Crippen LogP contribution in [0, 0.1) is 0 Å². The Balaban J connectivity index is 1.64. The SMILES string of the molecule is CCCCCCSc1nnc2c(n1)OC(c1ccccc1OCC(=O)O)Nc1ccccc1-2. The molecule has 0 fully saturated rings. The van der Waals surface area contributed by atoms with Crippen molar-refractivity contribution in [1.82, 2.24) is 15.2 Å². The molecule has 4 rings (SSSR count). The van der Waals surface area contributed by atoms with Crippen LogP contribution in [0.25, 0.3) is 11.3 Å². The molecule has 0 amide bonds. The molecule has 0 spiro atoms. The van der Waals surface area contributed by atoms with Gasteiger partial charge in [-0.05, 0) is 24.6 Å². The van der Waals surface area contributed by atoms with Gasteiger partial charge in [0.05, 0.1) is 5.56 Å². The first-order valence-corrected chi connectivity index (χ1v) is 12.0. The zero-order valence-electron chi connectivity index (χ0n) is 18.4. The van der Waals surface area contributed by atoms with E-state index in [9.17, 15) is 4.79 Å². The molecule has 1 atom stereocenters. The molecule has 2 aromatic carbocycles. The molecule has 3 aromatic rings. The summed E-state index contributed by atoms with van der Waals surface area (Å²) in [6.07, 6.45) is 4.05. The topological polar surface area (TPSA) is 106 Å². The lowest BCUT2D eigenvalue weighted by molar-refractivity contribution is -0.139. The largest absolute Gasteiger partial charge is 0.481 e. The maximum Gasteiger partial charge on any atom is 0.341 e. The van der Waals surface area contributed by atoms with Gasteiger partial charge in [-0.15, -0.1) is 10.2 Å². The second-order valence-corrected chi connectivity index (χ2v) is 8.63. The Morgan fingerprint density at radius 3 is 2.79 bits per heavy atom. The van der Waals surface area contributed by atoms with Gasteiger partial charge >= 0.3 is 5.97 Å². The second-order valence-electron chi connectivity index (χ2n) is 7.57. The summed E-state index contributed by atoms with van der Waals surface area (Å²) in [5, 5.41) is 21.7. The molecule has 0 saturated carbocycles. The number of aliphatic carboxylic acids is 1. The minimum atomic E-state index is -1.05. The van der Waals surface area contributed by atoms with Crippen LogP contribution in [0.2, 0.25) is 0 Å². The number of ether oxygens (including phenoxy) is 2. The Kier molecular flexibility index (Phi) is 7.62. The van der Waals surface area contributed by atoms with E-state index in [1.165, 1.54) is 19.3 Å². The van der Waals surface area contributed by atoms with Crippen LogP contribution >= 0.6 is 11.8 Å². The van der Waals surface area contributed by atoms with Crippen molar-refractivity contribution < 1.29 is 19.4 Å². The molecule has 2 heterocycles. The van der Waals surface area contributed by atoms with Crippen LogP contribution in [0.1, 0.15) is 44.4 Å². The van der Waals surface area contributed by atoms with Crippen LogP contribution in [0.3, 0.4) is 0 Å². The quantitative estimate of drug-likeness (QED) is 0.309. The van der Waals surface area contributed by atoms with Crippen LogP contribution in [0.15, 0.2) is 53.7 Å². The molecular formula is C24H26N4O4S. The van der Waals surface area contributed by atoms with Crippen molar-refractivity contribution in [3.8, 4) is 22.9 Å². The summed E-state index contributed by atoms with van der Waals surface area (Å²) in [6, 6.07) is 14.9. The standard InChI is InChI=1S/C24H26N4O4S/c1-2-3-4-9-14-33-24-26-23-21(27-28-24)16-10-5-7-12-18(16)25-22(32-23)17-11-6-8-13-19(17)31-15-20(29)30/h5-8,10-13,22,25H,2-4,9,14-15H2,1H3,(H,29,30). The highest BCUT2D eigenvalue weighted by Gasteiger charge is 2.28. The molecule has 1 unspecified atom stereocenters. The first-order chi connectivity index (χ1) is 16.2. The molecule has 9 heteroatoms. The molecule has 0 bridgehead atoms. The molecule has 0 saturated heterocycles. The predicted molar refractivity (Wildman–Crippen MR) is 127 cm³/mol. The monoisotopic (exact) mass is 466 g/mol. The van der Waals surface area contributed by atoms with Crippen molar-refractivity contribution in [3.63, 3.8) is 0 Å². The minimum Gasteiger partial charge on any atom is -0.481 e. The van der Waals surface area contributed by atoms with Gasteiger partial charge in [0.1, 0.15) is 5.75 Å². The number of hydrogen-bond acceptors (Lipinski definition) is 8. The van der Waals surface area contributed by atoms with E-state index in [1.807, 2.05) is 36.4 Å². The Labute approximate surface area is 196 Å². The molecule has 0 aliphatic carbocycles. The summed E-state index contributed by atoms with van der Waals surface area (Å²) >= 11 is 1.57. The van der Waals surface area contributed by atoms with Crippen LogP contribution in [-0.2, 0) is 4.79 Å². The second kappa shape index (κ2) is 11.0. The van der Waals surface area contributed by atoms with E-state index in [-0.39, 0.29) is 0 Å². The van der Waals surface area contributed by atoms with E-state index in [4.69, 9.17) is 14.6 Å². The number of hydrogen-bond donors (Lipinski definition) is 2. The van der Waals surface area contributed by atoms with Gasteiger partial charge in [-0.3, -0.25) is 0 Å². The summed E-state index contributed by atoms with van der Waals surface area (Å²) in [6.45, 7) is 1.75. The number of carboxylic acids is 1. The smallest absolute Gasteiger partial charge is 0.341 e. The Morgan fingerprint density at radius 2 is 1.94 bits per heavy atom. The Hall–Kier alpha value is -3.33. The van der Waals surface area contributed by atoms with E-state index in [2.05, 4.69) is 27.4 Å². The van der Waals surface area contributed by atoms with Gasteiger partial charge in [0.15, 0.2) is 12.3 Å². The van der Waals surface area contributed by atoms with Gasteiger partial charge in [0.25, 0.3) is 0 Å². The highest BCUT2D eigenvalue weighted by atomic mass is 32.2. The summed E-state index contributed by atoms with van der Waals surface area (Å²) < 4.78 is 11.8. The van der Waals surface area contributed by atoms with Crippen LogP contribution in [0.4, 0.5) is 5.69 Å². The molecule has 1 aliphatic rings. The lowest BCUT2D eigenvalue weighted by atomic mass is 10.1. The highest BCUT2D eigenvalue weighted by molar-refractivity contribution is 7.99. The van der Waals surface area contributed by atoms with Gasteiger partial charge in [-0.2, -0.15) is 4.98 Å². The van der Waals surface area contributed by atoms with Gasteiger partial charge in [0, 0.05) is 17.0 Å². The van der Waals surface area contributed by atoms with Gasteiger partial charge in [0.2, 0.25) is 17.3 Å². The van der Waals surface area contributed by atoms with Crippen molar-refractivity contribution >= 4 is 23.4 Å². The lowest BCUT2D eigenvalue weighted by Gasteiger charge is -2.21. The number of carboxylic acid groups (broad SMARTS) is 1. The number of unbranched alkanes of at least 4 members (excludes halogenated alkanes) is 3. The highest BCUT2D eigenvalue weighted by Crippen LogP contribution is 2.41. The zero-order valence-corrected chi connectivity index (χ0v) is 19.2. The molecule has 0 radical (unpaired) electrons. The van der Waals surface area contributed by atoms with Crippen molar-refractivity contribution in [2.75, 3.05) is 17.7 Å².